The minimum atomic E-state index is -2.86. The second-order valence-electron chi connectivity index (χ2n) is 2.40. The lowest BCUT2D eigenvalue weighted by atomic mass is 10.3. The highest BCUT2D eigenvalue weighted by atomic mass is 35.5. The van der Waals surface area contributed by atoms with E-state index >= 15 is 0 Å². The number of rotatable bonds is 6. The molecule has 0 aromatic carbocycles. The largest absolute Gasteiger partial charge is 0.229 e. The van der Waals surface area contributed by atoms with Crippen molar-refractivity contribution in [3.63, 3.8) is 0 Å². The number of halogens is 1. The molecule has 0 aromatic rings. The van der Waals surface area contributed by atoms with Crippen molar-refractivity contribution in [1.29, 1.82) is 0 Å². The fourth-order valence-electron chi connectivity index (χ4n) is 0.718. The van der Waals surface area contributed by atoms with Crippen molar-refractivity contribution >= 4 is 21.4 Å². The van der Waals surface area contributed by atoms with Crippen LogP contribution in [0.15, 0.2) is 0 Å². The molecule has 0 saturated heterocycles. The van der Waals surface area contributed by atoms with E-state index in [2.05, 4.69) is 6.92 Å². The first kappa shape index (κ1) is 11.2. The van der Waals surface area contributed by atoms with E-state index in [9.17, 15) is 8.42 Å². The summed E-state index contributed by atoms with van der Waals surface area (Å²) in [6.45, 7) is 3.63. The van der Waals surface area contributed by atoms with Crippen LogP contribution < -0.4 is 0 Å². The van der Waals surface area contributed by atoms with Gasteiger partial charge in [-0.25, -0.2) is 8.42 Å². The third-order valence-corrected chi connectivity index (χ3v) is 3.49. The molecule has 11 heavy (non-hydrogen) atoms. The molecule has 0 aromatic heterocycles. The van der Waals surface area contributed by atoms with Crippen molar-refractivity contribution in [1.82, 2.24) is 0 Å². The van der Waals surface area contributed by atoms with Crippen LogP contribution in [0.1, 0.15) is 19.3 Å². The van der Waals surface area contributed by atoms with E-state index < -0.39 is 9.84 Å². The van der Waals surface area contributed by atoms with Gasteiger partial charge in [0.2, 0.25) is 0 Å². The Morgan fingerprint density at radius 1 is 1.18 bits per heavy atom. The van der Waals surface area contributed by atoms with Gasteiger partial charge >= 0.3 is 0 Å². The molecule has 0 aliphatic rings. The van der Waals surface area contributed by atoms with Gasteiger partial charge in [0, 0.05) is 5.88 Å². The van der Waals surface area contributed by atoms with E-state index in [1.807, 2.05) is 0 Å². The van der Waals surface area contributed by atoms with Gasteiger partial charge in [-0.1, -0.05) is 19.8 Å². The van der Waals surface area contributed by atoms with Crippen LogP contribution in [-0.2, 0) is 9.84 Å². The third-order valence-electron chi connectivity index (χ3n) is 1.34. The lowest BCUT2D eigenvalue weighted by molar-refractivity contribution is 0.593. The van der Waals surface area contributed by atoms with Crippen molar-refractivity contribution in [2.75, 3.05) is 17.4 Å². The van der Waals surface area contributed by atoms with Crippen LogP contribution in [0.2, 0.25) is 0 Å². The molecule has 0 unspecified atom stereocenters. The molecule has 0 atom stereocenters. The molecule has 4 heteroatoms. The predicted octanol–water partition coefficient (Wildman–Crippen LogP) is 1.64. The zero-order valence-corrected chi connectivity index (χ0v) is 8.12. The van der Waals surface area contributed by atoms with Crippen molar-refractivity contribution in [3.8, 4) is 0 Å². The average molecular weight is 198 g/mol. The normalized spacial score (nSPS) is 11.8. The molecule has 0 fully saturated rings. The van der Waals surface area contributed by atoms with Crippen LogP contribution in [0.25, 0.3) is 0 Å². The maximum atomic E-state index is 11.0. The van der Waals surface area contributed by atoms with Crippen LogP contribution in [0.4, 0.5) is 0 Å². The molecular formula is C7H14ClO2S. The molecule has 0 spiro atoms. The molecule has 0 heterocycles. The van der Waals surface area contributed by atoms with Gasteiger partial charge in [0.15, 0.2) is 9.84 Å². The minimum Gasteiger partial charge on any atom is -0.229 e. The second kappa shape index (κ2) is 5.84. The van der Waals surface area contributed by atoms with Gasteiger partial charge in [0.05, 0.1) is 11.5 Å². The summed E-state index contributed by atoms with van der Waals surface area (Å²) in [5.74, 6) is 0.563. The Kier molecular flexibility index (Phi) is 5.96. The Bertz CT molecular complexity index is 175. The summed E-state index contributed by atoms with van der Waals surface area (Å²) in [7, 11) is -2.86. The van der Waals surface area contributed by atoms with Crippen molar-refractivity contribution in [2.24, 2.45) is 0 Å². The first-order valence-corrected chi connectivity index (χ1v) is 6.03. The van der Waals surface area contributed by atoms with Gasteiger partial charge in [0.25, 0.3) is 0 Å². The van der Waals surface area contributed by atoms with E-state index in [0.29, 0.717) is 6.42 Å². The second-order valence-corrected chi connectivity index (χ2v) is 5.08. The minimum absolute atomic E-state index is 0.103. The van der Waals surface area contributed by atoms with Gasteiger partial charge in [0.1, 0.15) is 0 Å². The predicted molar refractivity (Wildman–Crippen MR) is 48.6 cm³/mol. The quantitative estimate of drug-likeness (QED) is 0.479. The molecule has 1 radical (unpaired) electrons. The van der Waals surface area contributed by atoms with Crippen LogP contribution in [0, 0.1) is 6.92 Å². The van der Waals surface area contributed by atoms with E-state index in [1.165, 1.54) is 0 Å². The molecule has 0 N–H and O–H groups in total. The summed E-state index contributed by atoms with van der Waals surface area (Å²) in [5, 5.41) is 0. The standard InChI is InChI=1S/C7H14ClO2S/c1-2-3-4-6-11(9,10)7-5-8/h1-7H2. The average Bonchev–Trinajstić information content (AvgIpc) is 1.87. The summed E-state index contributed by atoms with van der Waals surface area (Å²) >= 11 is 5.31. The zero-order valence-electron chi connectivity index (χ0n) is 6.55. The maximum Gasteiger partial charge on any atom is 0.151 e. The molecule has 0 bridgehead atoms. The summed E-state index contributed by atoms with van der Waals surface area (Å²) in [6, 6.07) is 0. The van der Waals surface area contributed by atoms with Gasteiger partial charge in [-0.2, -0.15) is 0 Å². The molecule has 0 aliphatic carbocycles. The smallest absolute Gasteiger partial charge is 0.151 e. The molecule has 2 nitrogen and oxygen atoms in total. The lowest BCUT2D eigenvalue weighted by Gasteiger charge is -1.99. The van der Waals surface area contributed by atoms with E-state index in [-0.39, 0.29) is 17.4 Å². The molecule has 67 valence electrons. The number of hydrogen-bond donors (Lipinski definition) is 0. The third kappa shape index (κ3) is 6.63. The van der Waals surface area contributed by atoms with Gasteiger partial charge in [-0.15, -0.1) is 11.6 Å². The molecular weight excluding hydrogens is 184 g/mol. The Balaban J connectivity index is 3.56. The highest BCUT2D eigenvalue weighted by Gasteiger charge is 2.07. The fraction of sp³-hybridized carbons (Fsp3) is 0.857. The zero-order chi connectivity index (χ0) is 8.74. The van der Waals surface area contributed by atoms with E-state index in [4.69, 9.17) is 11.6 Å². The highest BCUT2D eigenvalue weighted by Crippen LogP contribution is 2.00. The summed E-state index contributed by atoms with van der Waals surface area (Å²) in [5.41, 5.74) is 0. The fourth-order valence-corrected chi connectivity index (χ4v) is 2.51. The van der Waals surface area contributed by atoms with Crippen LogP contribution in [0.3, 0.4) is 0 Å². The monoisotopic (exact) mass is 197 g/mol. The Morgan fingerprint density at radius 3 is 2.27 bits per heavy atom. The number of hydrogen-bond acceptors (Lipinski definition) is 2. The number of sulfone groups is 1. The van der Waals surface area contributed by atoms with Crippen LogP contribution in [-0.4, -0.2) is 25.8 Å². The van der Waals surface area contributed by atoms with E-state index in [1.54, 1.807) is 0 Å². The summed E-state index contributed by atoms with van der Waals surface area (Å²) in [4.78, 5) is 0. The highest BCUT2D eigenvalue weighted by molar-refractivity contribution is 7.91. The van der Waals surface area contributed by atoms with Gasteiger partial charge in [-0.05, 0) is 6.42 Å². The Labute approximate surface area is 73.9 Å². The molecule has 0 aliphatic heterocycles. The molecule has 0 saturated carbocycles. The number of unbranched alkanes of at least 4 members (excludes halogenated alkanes) is 2. The van der Waals surface area contributed by atoms with E-state index in [0.717, 1.165) is 12.8 Å². The first-order valence-electron chi connectivity index (χ1n) is 3.68. The SMILES string of the molecule is [CH2]CCCCS(=O)(=O)CCCl. The van der Waals surface area contributed by atoms with Crippen molar-refractivity contribution in [2.45, 2.75) is 19.3 Å². The molecule has 0 amide bonds. The molecule has 0 rings (SSSR count). The number of alkyl halides is 1. The lowest BCUT2D eigenvalue weighted by Crippen LogP contribution is -2.11. The van der Waals surface area contributed by atoms with Crippen LogP contribution in [0.5, 0.6) is 0 Å². The summed E-state index contributed by atoms with van der Waals surface area (Å²) in [6.07, 6.45) is 2.39. The maximum absolute atomic E-state index is 11.0. The van der Waals surface area contributed by atoms with Gasteiger partial charge in [-0.3, -0.25) is 0 Å². The van der Waals surface area contributed by atoms with Crippen molar-refractivity contribution in [3.05, 3.63) is 6.92 Å². The first-order chi connectivity index (χ1) is 5.12. The van der Waals surface area contributed by atoms with Gasteiger partial charge < -0.3 is 0 Å². The van der Waals surface area contributed by atoms with Crippen LogP contribution >= 0.6 is 11.6 Å². The Morgan fingerprint density at radius 2 is 1.82 bits per heavy atom. The van der Waals surface area contributed by atoms with Crippen molar-refractivity contribution < 1.29 is 8.42 Å². The summed E-state index contributed by atoms with van der Waals surface area (Å²) < 4.78 is 22.0. The topological polar surface area (TPSA) is 34.1 Å². The Hall–Kier alpha value is 0.240.